The Balaban J connectivity index is 0.000000317. The molecule has 1 heterocycles. The number of esters is 1. The average molecular weight is 592 g/mol. The molecule has 0 aliphatic heterocycles. The molecule has 0 atom stereocenters. The molecule has 2 aromatic carbocycles. The number of nitrogens with one attached hydrogen (secondary N) is 2. The first-order valence-corrected chi connectivity index (χ1v) is 14.0. The number of benzene rings is 2. The first-order chi connectivity index (χ1) is 20.6. The van der Waals surface area contributed by atoms with E-state index in [4.69, 9.17) is 9.47 Å². The van der Waals surface area contributed by atoms with Crippen LogP contribution in [0.25, 0.3) is 0 Å². The van der Waals surface area contributed by atoms with Crippen LogP contribution in [-0.4, -0.2) is 49.4 Å². The topological polar surface area (TPSA) is 133 Å². The molecular weight excluding hydrogens is 550 g/mol. The summed E-state index contributed by atoms with van der Waals surface area (Å²) in [6.45, 7) is 8.22. The normalized spacial score (nSPS) is 10.1. The van der Waals surface area contributed by atoms with Gasteiger partial charge in [0.05, 0.1) is 20.8 Å². The fourth-order valence-electron chi connectivity index (χ4n) is 3.90. The van der Waals surface area contributed by atoms with Crippen LogP contribution in [0.4, 0.5) is 0 Å². The van der Waals surface area contributed by atoms with E-state index in [1.807, 2.05) is 69.3 Å². The van der Waals surface area contributed by atoms with Crippen LogP contribution in [0, 0.1) is 20.8 Å². The summed E-state index contributed by atoms with van der Waals surface area (Å²) in [5.41, 5.74) is 5.83. The molecule has 1 aromatic heterocycles. The Kier molecular flexibility index (Phi) is 14.4. The third kappa shape index (κ3) is 12.0. The molecule has 3 aromatic rings. The van der Waals surface area contributed by atoms with Crippen LogP contribution in [0.1, 0.15) is 53.3 Å². The second kappa shape index (κ2) is 17.9. The molecule has 0 aliphatic carbocycles. The van der Waals surface area contributed by atoms with Crippen molar-refractivity contribution in [3.8, 4) is 11.5 Å². The van der Waals surface area contributed by atoms with Gasteiger partial charge < -0.3 is 24.8 Å². The minimum atomic E-state index is -0.872. The van der Waals surface area contributed by atoms with Crippen molar-refractivity contribution in [2.24, 2.45) is 0 Å². The Labute approximate surface area is 253 Å². The van der Waals surface area contributed by atoms with Gasteiger partial charge in [0.15, 0.2) is 0 Å². The molecule has 0 aliphatic rings. The quantitative estimate of drug-likeness (QED) is 0.238. The molecule has 2 amide bonds. The van der Waals surface area contributed by atoms with E-state index >= 15 is 0 Å². The Morgan fingerprint density at radius 2 is 1.28 bits per heavy atom. The Morgan fingerprint density at radius 1 is 0.744 bits per heavy atom. The largest absolute Gasteiger partial charge is 0.496 e. The molecule has 230 valence electrons. The summed E-state index contributed by atoms with van der Waals surface area (Å²) >= 11 is 0. The Hall–Kier alpha value is -4.73. The van der Waals surface area contributed by atoms with Gasteiger partial charge in [-0.2, -0.15) is 0 Å². The SMILES string of the molecule is CCOC(=O)C(=O)NCc1ccc(C)cc1OC.COc1cc(C)ccc1CNC(=O)C(=O)CCCc1ccc(C)cn1. The first kappa shape index (κ1) is 34.5. The minimum Gasteiger partial charge on any atom is -0.496 e. The number of carbonyl (C=O) groups excluding carboxylic acids is 4. The number of Topliss-reactive ketones (excluding diaryl/α,β-unsaturated/α-hetero) is 1. The van der Waals surface area contributed by atoms with Crippen LogP contribution in [0.5, 0.6) is 11.5 Å². The number of ketones is 1. The van der Waals surface area contributed by atoms with Gasteiger partial charge in [0, 0.05) is 42.5 Å². The van der Waals surface area contributed by atoms with Crippen LogP contribution in [0.2, 0.25) is 0 Å². The van der Waals surface area contributed by atoms with Crippen molar-refractivity contribution in [3.05, 3.63) is 88.2 Å². The highest BCUT2D eigenvalue weighted by Gasteiger charge is 2.15. The molecular formula is C33H41N3O7. The standard InChI is InChI=1S/C20H24N2O3.C13H17NO4/c1-14-7-9-16(19(11-14)25-3)13-22-20(24)18(23)6-4-5-17-10-8-15(2)12-21-17;1-4-18-13(16)12(15)14-8-10-6-5-9(2)7-11(10)17-3/h7-12H,4-6,13H2,1-3H3,(H,22,24);5-7H,4,8H2,1-3H3,(H,14,15). The van der Waals surface area contributed by atoms with Gasteiger partial charge in [0.1, 0.15) is 11.5 Å². The molecule has 0 saturated heterocycles. The highest BCUT2D eigenvalue weighted by atomic mass is 16.5. The van der Waals surface area contributed by atoms with E-state index in [2.05, 4.69) is 20.4 Å². The Morgan fingerprint density at radius 3 is 1.77 bits per heavy atom. The van der Waals surface area contributed by atoms with Gasteiger partial charge in [-0.15, -0.1) is 0 Å². The van der Waals surface area contributed by atoms with Crippen molar-refractivity contribution < 1.29 is 33.4 Å². The molecule has 0 bridgehead atoms. The van der Waals surface area contributed by atoms with Crippen LogP contribution >= 0.6 is 0 Å². The van der Waals surface area contributed by atoms with Gasteiger partial charge in [0.25, 0.3) is 5.91 Å². The molecule has 0 unspecified atom stereocenters. The van der Waals surface area contributed by atoms with Crippen molar-refractivity contribution in [2.75, 3.05) is 20.8 Å². The number of pyridine rings is 1. The number of methoxy groups -OCH3 is 2. The third-order valence-corrected chi connectivity index (χ3v) is 6.29. The van der Waals surface area contributed by atoms with Gasteiger partial charge in [0.2, 0.25) is 5.78 Å². The van der Waals surface area contributed by atoms with Crippen molar-refractivity contribution in [1.29, 1.82) is 0 Å². The van der Waals surface area contributed by atoms with E-state index in [0.29, 0.717) is 24.3 Å². The number of rotatable bonds is 12. The summed E-state index contributed by atoms with van der Waals surface area (Å²) in [5.74, 6) is -1.20. The zero-order chi connectivity index (χ0) is 31.8. The molecule has 0 radical (unpaired) electrons. The molecule has 43 heavy (non-hydrogen) atoms. The zero-order valence-electron chi connectivity index (χ0n) is 25.7. The highest BCUT2D eigenvalue weighted by molar-refractivity contribution is 6.36. The average Bonchev–Trinajstić information content (AvgIpc) is 3.00. The lowest BCUT2D eigenvalue weighted by Gasteiger charge is -2.10. The summed E-state index contributed by atoms with van der Waals surface area (Å²) in [5, 5.41) is 5.15. The van der Waals surface area contributed by atoms with Crippen molar-refractivity contribution >= 4 is 23.6 Å². The van der Waals surface area contributed by atoms with E-state index in [0.717, 1.165) is 33.5 Å². The molecule has 2 N–H and O–H groups in total. The summed E-state index contributed by atoms with van der Waals surface area (Å²) in [6, 6.07) is 15.3. The summed E-state index contributed by atoms with van der Waals surface area (Å²) < 4.78 is 15.1. The summed E-state index contributed by atoms with van der Waals surface area (Å²) in [4.78, 5) is 50.7. The number of carbonyl (C=O) groups is 4. The lowest BCUT2D eigenvalue weighted by Crippen LogP contribution is -2.32. The smallest absolute Gasteiger partial charge is 0.396 e. The number of ether oxygens (including phenoxy) is 3. The Bertz CT molecular complexity index is 1390. The monoisotopic (exact) mass is 591 g/mol. The van der Waals surface area contributed by atoms with Crippen molar-refractivity contribution in [2.45, 2.75) is 60.0 Å². The van der Waals surface area contributed by atoms with E-state index in [1.165, 1.54) is 0 Å². The molecule has 0 spiro atoms. The predicted octanol–water partition coefficient (Wildman–Crippen LogP) is 4.10. The fourth-order valence-corrected chi connectivity index (χ4v) is 3.90. The maximum Gasteiger partial charge on any atom is 0.396 e. The minimum absolute atomic E-state index is 0.181. The van der Waals surface area contributed by atoms with Gasteiger partial charge in [-0.3, -0.25) is 19.4 Å². The molecule has 0 fully saturated rings. The summed E-state index contributed by atoms with van der Waals surface area (Å²) in [6.07, 6.45) is 3.31. The lowest BCUT2D eigenvalue weighted by molar-refractivity contribution is -0.154. The number of aromatic nitrogens is 1. The second-order valence-corrected chi connectivity index (χ2v) is 9.82. The van der Waals surface area contributed by atoms with Crippen molar-refractivity contribution in [1.82, 2.24) is 15.6 Å². The number of hydrogen-bond donors (Lipinski definition) is 2. The number of amides is 2. The molecule has 10 heteroatoms. The van der Waals surface area contributed by atoms with Gasteiger partial charge >= 0.3 is 11.9 Å². The van der Waals surface area contributed by atoms with E-state index in [9.17, 15) is 19.2 Å². The molecule has 0 saturated carbocycles. The number of aryl methyl sites for hydroxylation is 4. The van der Waals surface area contributed by atoms with E-state index in [-0.39, 0.29) is 26.1 Å². The van der Waals surface area contributed by atoms with E-state index < -0.39 is 23.6 Å². The van der Waals surface area contributed by atoms with E-state index in [1.54, 1.807) is 27.3 Å². The summed E-state index contributed by atoms with van der Waals surface area (Å²) in [7, 11) is 3.15. The number of hydrogen-bond acceptors (Lipinski definition) is 8. The van der Waals surface area contributed by atoms with Crippen molar-refractivity contribution in [3.63, 3.8) is 0 Å². The predicted molar refractivity (Wildman–Crippen MR) is 163 cm³/mol. The molecule has 3 rings (SSSR count). The van der Waals surface area contributed by atoms with Crippen LogP contribution < -0.4 is 20.1 Å². The third-order valence-electron chi connectivity index (χ3n) is 6.29. The van der Waals surface area contributed by atoms with Gasteiger partial charge in [-0.1, -0.05) is 30.3 Å². The zero-order valence-corrected chi connectivity index (χ0v) is 25.7. The fraction of sp³-hybridized carbons (Fsp3) is 0.364. The van der Waals surface area contributed by atoms with Crippen LogP contribution in [0.3, 0.4) is 0 Å². The van der Waals surface area contributed by atoms with Crippen LogP contribution in [-0.2, 0) is 43.4 Å². The number of nitrogens with zero attached hydrogens (tertiary/aromatic N) is 1. The maximum atomic E-state index is 12.0. The lowest BCUT2D eigenvalue weighted by atomic mass is 10.1. The highest BCUT2D eigenvalue weighted by Crippen LogP contribution is 2.20. The van der Waals surface area contributed by atoms with Gasteiger partial charge in [-0.05, 0) is 75.4 Å². The van der Waals surface area contributed by atoms with Crippen LogP contribution in [0.15, 0.2) is 54.7 Å². The molecule has 10 nitrogen and oxygen atoms in total. The van der Waals surface area contributed by atoms with Gasteiger partial charge in [-0.25, -0.2) is 4.79 Å². The maximum absolute atomic E-state index is 12.0. The first-order valence-electron chi connectivity index (χ1n) is 14.0. The second-order valence-electron chi connectivity index (χ2n) is 9.82.